The van der Waals surface area contributed by atoms with Crippen LogP contribution in [0.15, 0.2) is 10.2 Å². The minimum absolute atomic E-state index is 0.444. The van der Waals surface area contributed by atoms with Crippen LogP contribution in [-0.4, -0.2) is 24.7 Å². The first-order valence-electron chi connectivity index (χ1n) is 4.96. The van der Waals surface area contributed by atoms with E-state index in [9.17, 15) is 0 Å². The molecule has 1 aliphatic carbocycles. The second-order valence-corrected chi connectivity index (χ2v) is 4.49. The topological polar surface area (TPSA) is 36.8 Å². The fourth-order valence-electron chi connectivity index (χ4n) is 3.36. The summed E-state index contributed by atoms with van der Waals surface area (Å²) in [6, 6.07) is 1.76. The number of nitrogens with one attached hydrogen (secondary N) is 1. The molecule has 3 heteroatoms. The molecule has 0 amide bonds. The molecular formula is C9H15N3. The lowest BCUT2D eigenvalue weighted by Crippen LogP contribution is -2.36. The number of hydrogen-bond acceptors (Lipinski definition) is 3. The van der Waals surface area contributed by atoms with E-state index in [-0.39, 0.29) is 0 Å². The molecule has 1 spiro atoms. The largest absolute Gasteiger partial charge is 0.309 e. The van der Waals surface area contributed by atoms with E-state index in [1.54, 1.807) is 0 Å². The molecule has 4 atom stereocenters. The Labute approximate surface area is 72.6 Å². The molecule has 0 radical (unpaired) electrons. The number of azo groups is 1. The molecule has 12 heavy (non-hydrogen) atoms. The van der Waals surface area contributed by atoms with Gasteiger partial charge in [-0.15, -0.1) is 0 Å². The zero-order valence-electron chi connectivity index (χ0n) is 7.45. The average Bonchev–Trinajstić information content (AvgIpc) is 2.63. The highest BCUT2D eigenvalue weighted by atomic mass is 15.3. The second-order valence-electron chi connectivity index (χ2n) is 4.49. The van der Waals surface area contributed by atoms with E-state index >= 15 is 0 Å². The maximum atomic E-state index is 4.37. The molecule has 4 unspecified atom stereocenters. The van der Waals surface area contributed by atoms with Crippen LogP contribution in [0.2, 0.25) is 0 Å². The number of nitrogens with zero attached hydrogens (tertiary/aromatic N) is 2. The van der Waals surface area contributed by atoms with E-state index in [1.807, 2.05) is 0 Å². The molecule has 3 aliphatic rings. The minimum Gasteiger partial charge on any atom is -0.309 e. The number of hydrogen-bond donors (Lipinski definition) is 1. The third kappa shape index (κ3) is 0.622. The smallest absolute Gasteiger partial charge is 0.0947 e. The predicted molar refractivity (Wildman–Crippen MR) is 46.2 cm³/mol. The van der Waals surface area contributed by atoms with Gasteiger partial charge in [0.05, 0.1) is 12.6 Å². The lowest BCUT2D eigenvalue weighted by Gasteiger charge is -2.25. The normalized spacial score (nSPS) is 55.9. The first-order chi connectivity index (χ1) is 5.83. The third-order valence-electron chi connectivity index (χ3n) is 3.93. The van der Waals surface area contributed by atoms with E-state index < -0.39 is 0 Å². The molecule has 1 saturated heterocycles. The fourth-order valence-corrected chi connectivity index (χ4v) is 3.36. The van der Waals surface area contributed by atoms with Crippen molar-refractivity contribution in [1.29, 1.82) is 0 Å². The minimum atomic E-state index is 0.444. The van der Waals surface area contributed by atoms with Crippen LogP contribution in [0.1, 0.15) is 26.2 Å². The Hall–Kier alpha value is -0.440. The van der Waals surface area contributed by atoms with Crippen LogP contribution < -0.4 is 5.32 Å². The molecule has 2 aliphatic heterocycles. The summed E-state index contributed by atoms with van der Waals surface area (Å²) in [5.41, 5.74) is 0.444. The SMILES string of the molecule is CC1NC2CCCC23CN=NC13. The summed E-state index contributed by atoms with van der Waals surface area (Å²) in [7, 11) is 0. The molecule has 2 fully saturated rings. The van der Waals surface area contributed by atoms with Crippen molar-refractivity contribution in [3.05, 3.63) is 0 Å². The van der Waals surface area contributed by atoms with Gasteiger partial charge in [0.1, 0.15) is 0 Å². The Morgan fingerprint density at radius 1 is 1.50 bits per heavy atom. The highest BCUT2D eigenvalue weighted by Crippen LogP contribution is 2.50. The maximum Gasteiger partial charge on any atom is 0.0947 e. The molecule has 1 N–H and O–H groups in total. The van der Waals surface area contributed by atoms with Crippen LogP contribution in [0.25, 0.3) is 0 Å². The Kier molecular flexibility index (Phi) is 1.21. The third-order valence-corrected chi connectivity index (χ3v) is 3.93. The quantitative estimate of drug-likeness (QED) is 0.578. The van der Waals surface area contributed by atoms with E-state index in [0.717, 1.165) is 6.54 Å². The van der Waals surface area contributed by atoms with Crippen molar-refractivity contribution in [3.8, 4) is 0 Å². The van der Waals surface area contributed by atoms with E-state index in [0.29, 0.717) is 23.5 Å². The highest BCUT2D eigenvalue weighted by molar-refractivity contribution is 5.15. The molecule has 0 aromatic heterocycles. The molecule has 0 aromatic carbocycles. The molecule has 3 nitrogen and oxygen atoms in total. The Morgan fingerprint density at radius 3 is 3.33 bits per heavy atom. The fraction of sp³-hybridized carbons (Fsp3) is 1.00. The van der Waals surface area contributed by atoms with Gasteiger partial charge in [-0.3, -0.25) is 0 Å². The zero-order chi connectivity index (χ0) is 8.18. The van der Waals surface area contributed by atoms with Gasteiger partial charge in [-0.05, 0) is 19.8 Å². The summed E-state index contributed by atoms with van der Waals surface area (Å²) in [6.07, 6.45) is 4.05. The summed E-state index contributed by atoms with van der Waals surface area (Å²) >= 11 is 0. The first kappa shape index (κ1) is 7.01. The van der Waals surface area contributed by atoms with Crippen LogP contribution in [-0.2, 0) is 0 Å². The van der Waals surface area contributed by atoms with Gasteiger partial charge in [0, 0.05) is 17.5 Å². The van der Waals surface area contributed by atoms with E-state index in [1.165, 1.54) is 19.3 Å². The molecule has 66 valence electrons. The molecule has 0 aromatic rings. The molecule has 0 bridgehead atoms. The van der Waals surface area contributed by atoms with Crippen LogP contribution in [0.4, 0.5) is 0 Å². The molecule has 3 rings (SSSR count). The van der Waals surface area contributed by atoms with Gasteiger partial charge in [-0.25, -0.2) is 0 Å². The van der Waals surface area contributed by atoms with E-state index in [2.05, 4.69) is 22.5 Å². The second kappa shape index (κ2) is 2.08. The summed E-state index contributed by atoms with van der Waals surface area (Å²) in [4.78, 5) is 0. The average molecular weight is 165 g/mol. The van der Waals surface area contributed by atoms with Crippen molar-refractivity contribution in [2.75, 3.05) is 6.54 Å². The van der Waals surface area contributed by atoms with Crippen molar-refractivity contribution in [3.63, 3.8) is 0 Å². The van der Waals surface area contributed by atoms with Crippen LogP contribution in [0.3, 0.4) is 0 Å². The monoisotopic (exact) mass is 165 g/mol. The predicted octanol–water partition coefficient (Wildman–Crippen LogP) is 1.35. The molecular weight excluding hydrogens is 150 g/mol. The summed E-state index contributed by atoms with van der Waals surface area (Å²) < 4.78 is 0. The van der Waals surface area contributed by atoms with Gasteiger partial charge >= 0.3 is 0 Å². The van der Waals surface area contributed by atoms with Gasteiger partial charge < -0.3 is 5.32 Å². The van der Waals surface area contributed by atoms with Crippen molar-refractivity contribution in [2.45, 2.75) is 44.3 Å². The molecule has 2 heterocycles. The maximum absolute atomic E-state index is 4.37. The van der Waals surface area contributed by atoms with E-state index in [4.69, 9.17) is 0 Å². The van der Waals surface area contributed by atoms with Gasteiger partial charge in [0.15, 0.2) is 0 Å². The van der Waals surface area contributed by atoms with Crippen LogP contribution in [0, 0.1) is 5.41 Å². The van der Waals surface area contributed by atoms with Crippen LogP contribution in [0.5, 0.6) is 0 Å². The van der Waals surface area contributed by atoms with Gasteiger partial charge in [-0.1, -0.05) is 6.42 Å². The lowest BCUT2D eigenvalue weighted by molar-refractivity contribution is 0.296. The highest BCUT2D eigenvalue weighted by Gasteiger charge is 2.58. The standard InChI is InChI=1S/C9H15N3/c1-6-8-9(5-10-12-8)4-2-3-7(9)11-6/h6-8,11H,2-5H2,1H3. The van der Waals surface area contributed by atoms with Crippen molar-refractivity contribution in [1.82, 2.24) is 5.32 Å². The Balaban J connectivity index is 2.01. The summed E-state index contributed by atoms with van der Waals surface area (Å²) in [5.74, 6) is 0. The summed E-state index contributed by atoms with van der Waals surface area (Å²) in [6.45, 7) is 3.23. The zero-order valence-corrected chi connectivity index (χ0v) is 7.45. The van der Waals surface area contributed by atoms with Crippen LogP contribution >= 0.6 is 0 Å². The van der Waals surface area contributed by atoms with Crippen molar-refractivity contribution < 1.29 is 0 Å². The Bertz CT molecular complexity index is 238. The lowest BCUT2D eigenvalue weighted by atomic mass is 9.78. The Morgan fingerprint density at radius 2 is 2.42 bits per heavy atom. The van der Waals surface area contributed by atoms with Gasteiger partial charge in [0.2, 0.25) is 0 Å². The summed E-state index contributed by atoms with van der Waals surface area (Å²) in [5, 5.41) is 12.3. The van der Waals surface area contributed by atoms with Gasteiger partial charge in [-0.2, -0.15) is 10.2 Å². The first-order valence-corrected chi connectivity index (χ1v) is 4.96. The van der Waals surface area contributed by atoms with Crippen molar-refractivity contribution >= 4 is 0 Å². The molecule has 1 saturated carbocycles. The number of rotatable bonds is 0. The van der Waals surface area contributed by atoms with Crippen molar-refractivity contribution in [2.24, 2.45) is 15.6 Å². The van der Waals surface area contributed by atoms with Gasteiger partial charge in [0.25, 0.3) is 0 Å².